The lowest BCUT2D eigenvalue weighted by molar-refractivity contribution is -0.129. The second-order valence-corrected chi connectivity index (χ2v) is 10.2. The Kier molecular flexibility index (Phi) is 6.91. The fourth-order valence-electron chi connectivity index (χ4n) is 2.82. The number of rotatable bonds is 8. The highest BCUT2D eigenvalue weighted by molar-refractivity contribution is 5.79. The topological polar surface area (TPSA) is 49.8 Å². The molecule has 1 unspecified atom stereocenters. The Balaban J connectivity index is 2.55. The normalized spacial score (nSPS) is 21.5. The van der Waals surface area contributed by atoms with Crippen LogP contribution in [0.25, 0.3) is 0 Å². The number of likely N-dealkylation sites (tertiary alicyclic amines) is 1. The molecule has 0 spiro atoms. The molecule has 142 valence electrons. The van der Waals surface area contributed by atoms with Crippen molar-refractivity contribution in [3.63, 3.8) is 0 Å². The lowest BCUT2D eigenvalue weighted by Crippen LogP contribution is -2.37. The SMILES string of the molecule is C[C@@H](OC1CC(=O)N(CC(C)(C)CCC(C)(C)CO)C1)C(C)(C)C. The zero-order chi connectivity index (χ0) is 18.8. The molecule has 1 aliphatic heterocycles. The summed E-state index contributed by atoms with van der Waals surface area (Å²) in [7, 11) is 0. The van der Waals surface area contributed by atoms with Crippen LogP contribution in [-0.4, -0.2) is 47.8 Å². The van der Waals surface area contributed by atoms with Gasteiger partial charge in [-0.3, -0.25) is 4.79 Å². The molecule has 0 aliphatic carbocycles. The van der Waals surface area contributed by atoms with Crippen LogP contribution in [0.5, 0.6) is 0 Å². The molecular formula is C20H39NO3. The lowest BCUT2D eigenvalue weighted by Gasteiger charge is -2.34. The van der Waals surface area contributed by atoms with Crippen molar-refractivity contribution in [2.75, 3.05) is 19.7 Å². The molecular weight excluding hydrogens is 302 g/mol. The third-order valence-corrected chi connectivity index (χ3v) is 5.32. The molecule has 0 radical (unpaired) electrons. The third kappa shape index (κ3) is 6.72. The summed E-state index contributed by atoms with van der Waals surface area (Å²) in [6, 6.07) is 0. The second kappa shape index (κ2) is 7.74. The average Bonchev–Trinajstić information content (AvgIpc) is 2.75. The third-order valence-electron chi connectivity index (χ3n) is 5.32. The number of nitrogens with zero attached hydrogens (tertiary/aromatic N) is 1. The van der Waals surface area contributed by atoms with Crippen LogP contribution in [0.3, 0.4) is 0 Å². The summed E-state index contributed by atoms with van der Waals surface area (Å²) in [6.07, 6.45) is 2.59. The predicted octanol–water partition coefficient (Wildman–Crippen LogP) is 3.86. The highest BCUT2D eigenvalue weighted by Gasteiger charge is 2.36. The van der Waals surface area contributed by atoms with Gasteiger partial charge in [-0.25, -0.2) is 0 Å². The van der Waals surface area contributed by atoms with Gasteiger partial charge in [0.05, 0.1) is 18.6 Å². The highest BCUT2D eigenvalue weighted by Crippen LogP contribution is 2.33. The maximum Gasteiger partial charge on any atom is 0.225 e. The maximum absolute atomic E-state index is 12.4. The molecule has 1 N–H and O–H groups in total. The largest absolute Gasteiger partial charge is 0.396 e. The molecule has 0 aromatic rings. The van der Waals surface area contributed by atoms with E-state index in [1.165, 1.54) is 0 Å². The van der Waals surface area contributed by atoms with Gasteiger partial charge in [-0.15, -0.1) is 0 Å². The molecule has 1 aliphatic rings. The van der Waals surface area contributed by atoms with E-state index in [1.54, 1.807) is 0 Å². The Labute approximate surface area is 148 Å². The van der Waals surface area contributed by atoms with Crippen molar-refractivity contribution in [2.45, 2.75) is 86.9 Å². The van der Waals surface area contributed by atoms with Gasteiger partial charge in [0.1, 0.15) is 0 Å². The minimum atomic E-state index is -0.0555. The Morgan fingerprint density at radius 2 is 1.67 bits per heavy atom. The Bertz CT molecular complexity index is 423. The summed E-state index contributed by atoms with van der Waals surface area (Å²) in [5.41, 5.74) is 0.0817. The quantitative estimate of drug-likeness (QED) is 0.729. The first-order valence-corrected chi connectivity index (χ1v) is 9.30. The standard InChI is InChI=1S/C20H39NO3/c1-15(18(2,3)4)24-16-11-17(23)21(12-16)13-19(5,6)9-10-20(7,8)14-22/h15-16,22H,9-14H2,1-8H3/t15-,16?/m1/s1. The molecule has 0 aromatic heterocycles. The molecule has 1 fully saturated rings. The molecule has 0 aromatic carbocycles. The monoisotopic (exact) mass is 341 g/mol. The molecule has 0 bridgehead atoms. The molecule has 4 heteroatoms. The number of ether oxygens (including phenoxy) is 1. The van der Waals surface area contributed by atoms with Gasteiger partial charge in [-0.05, 0) is 36.0 Å². The van der Waals surface area contributed by atoms with Crippen LogP contribution in [0.2, 0.25) is 0 Å². The minimum absolute atomic E-state index is 0.0106. The fraction of sp³-hybridized carbons (Fsp3) is 0.950. The number of hydrogen-bond donors (Lipinski definition) is 1. The maximum atomic E-state index is 12.4. The predicted molar refractivity (Wildman–Crippen MR) is 98.9 cm³/mol. The van der Waals surface area contributed by atoms with Crippen LogP contribution >= 0.6 is 0 Å². The van der Waals surface area contributed by atoms with Crippen molar-refractivity contribution >= 4 is 5.91 Å². The molecule has 2 atom stereocenters. The van der Waals surface area contributed by atoms with Gasteiger partial charge in [0.2, 0.25) is 5.91 Å². The molecule has 24 heavy (non-hydrogen) atoms. The smallest absolute Gasteiger partial charge is 0.225 e. The molecule has 0 saturated carbocycles. The molecule has 4 nitrogen and oxygen atoms in total. The summed E-state index contributed by atoms with van der Waals surface area (Å²) in [6.45, 7) is 18.8. The number of hydrogen-bond acceptors (Lipinski definition) is 3. The Morgan fingerprint density at radius 1 is 1.12 bits per heavy atom. The first-order chi connectivity index (χ1) is 10.8. The van der Waals surface area contributed by atoms with Gasteiger partial charge in [-0.1, -0.05) is 48.5 Å². The first-order valence-electron chi connectivity index (χ1n) is 9.30. The van der Waals surface area contributed by atoms with Crippen molar-refractivity contribution < 1.29 is 14.6 Å². The van der Waals surface area contributed by atoms with Gasteiger partial charge < -0.3 is 14.7 Å². The van der Waals surface area contributed by atoms with E-state index in [-0.39, 0.29) is 41.0 Å². The van der Waals surface area contributed by atoms with Crippen molar-refractivity contribution in [2.24, 2.45) is 16.2 Å². The van der Waals surface area contributed by atoms with E-state index < -0.39 is 0 Å². The number of amides is 1. The van der Waals surface area contributed by atoms with Gasteiger partial charge in [0.15, 0.2) is 0 Å². The van der Waals surface area contributed by atoms with E-state index in [1.807, 2.05) is 4.90 Å². The zero-order valence-electron chi connectivity index (χ0n) is 17.1. The summed E-state index contributed by atoms with van der Waals surface area (Å²) >= 11 is 0. The van der Waals surface area contributed by atoms with Crippen molar-refractivity contribution in [3.05, 3.63) is 0 Å². The Morgan fingerprint density at radius 3 is 2.17 bits per heavy atom. The van der Waals surface area contributed by atoms with Gasteiger partial charge >= 0.3 is 0 Å². The summed E-state index contributed by atoms with van der Waals surface area (Å²) in [5, 5.41) is 9.42. The number of carbonyl (C=O) groups is 1. The molecule has 1 saturated heterocycles. The summed E-state index contributed by atoms with van der Waals surface area (Å²) in [5.74, 6) is 0.204. The van der Waals surface area contributed by atoms with Gasteiger partial charge in [0.25, 0.3) is 0 Å². The lowest BCUT2D eigenvalue weighted by atomic mass is 9.79. The fourth-order valence-corrected chi connectivity index (χ4v) is 2.82. The van der Waals surface area contributed by atoms with Gasteiger partial charge in [-0.2, -0.15) is 0 Å². The van der Waals surface area contributed by atoms with Crippen LogP contribution in [0.15, 0.2) is 0 Å². The summed E-state index contributed by atoms with van der Waals surface area (Å²) in [4.78, 5) is 14.3. The molecule has 1 amide bonds. The molecule has 1 heterocycles. The summed E-state index contributed by atoms with van der Waals surface area (Å²) < 4.78 is 6.13. The van der Waals surface area contributed by atoms with E-state index in [0.29, 0.717) is 13.0 Å². The minimum Gasteiger partial charge on any atom is -0.396 e. The average molecular weight is 342 g/mol. The van der Waals surface area contributed by atoms with Gasteiger partial charge in [0, 0.05) is 19.7 Å². The van der Waals surface area contributed by atoms with Crippen LogP contribution in [0, 0.1) is 16.2 Å². The van der Waals surface area contributed by atoms with E-state index >= 15 is 0 Å². The van der Waals surface area contributed by atoms with Crippen molar-refractivity contribution in [1.82, 2.24) is 4.90 Å². The van der Waals surface area contributed by atoms with Crippen LogP contribution in [-0.2, 0) is 9.53 Å². The Hall–Kier alpha value is -0.610. The van der Waals surface area contributed by atoms with Crippen LogP contribution in [0.4, 0.5) is 0 Å². The first kappa shape index (κ1) is 21.4. The van der Waals surface area contributed by atoms with E-state index in [4.69, 9.17) is 4.74 Å². The highest BCUT2D eigenvalue weighted by atomic mass is 16.5. The number of aliphatic hydroxyl groups excluding tert-OH is 1. The zero-order valence-corrected chi connectivity index (χ0v) is 17.1. The van der Waals surface area contributed by atoms with Crippen molar-refractivity contribution in [3.8, 4) is 0 Å². The second-order valence-electron chi connectivity index (χ2n) is 10.2. The van der Waals surface area contributed by atoms with Crippen LogP contribution in [0.1, 0.15) is 74.7 Å². The molecule has 1 rings (SSSR count). The number of aliphatic hydroxyl groups is 1. The van der Waals surface area contributed by atoms with E-state index in [2.05, 4.69) is 55.4 Å². The van der Waals surface area contributed by atoms with E-state index in [0.717, 1.165) is 19.4 Å². The van der Waals surface area contributed by atoms with E-state index in [9.17, 15) is 9.90 Å². The number of carbonyl (C=O) groups excluding carboxylic acids is 1. The van der Waals surface area contributed by atoms with Crippen LogP contribution < -0.4 is 0 Å². The van der Waals surface area contributed by atoms with Crippen molar-refractivity contribution in [1.29, 1.82) is 0 Å².